The van der Waals surface area contributed by atoms with Gasteiger partial charge < -0.3 is 15.7 Å². The first-order valence-electron chi connectivity index (χ1n) is 6.83. The summed E-state index contributed by atoms with van der Waals surface area (Å²) in [5, 5.41) is 17.3. The summed E-state index contributed by atoms with van der Waals surface area (Å²) >= 11 is 6.04. The van der Waals surface area contributed by atoms with Crippen LogP contribution in [0.1, 0.15) is 16.8 Å². The maximum absolute atomic E-state index is 12.3. The van der Waals surface area contributed by atoms with Crippen molar-refractivity contribution >= 4 is 28.6 Å². The molecule has 0 aliphatic rings. The molecule has 0 saturated carbocycles. The first-order chi connectivity index (χ1) is 10.9. The Hall–Kier alpha value is -2.61. The predicted octanol–water partition coefficient (Wildman–Crippen LogP) is 1.37. The summed E-state index contributed by atoms with van der Waals surface area (Å²) in [6, 6.07) is 0. The van der Waals surface area contributed by atoms with Crippen LogP contribution in [0.2, 0.25) is 5.15 Å². The van der Waals surface area contributed by atoms with E-state index in [2.05, 4.69) is 15.1 Å². The molecule has 0 bridgehead atoms. The number of halogens is 1. The van der Waals surface area contributed by atoms with Crippen LogP contribution in [-0.2, 0) is 6.54 Å². The van der Waals surface area contributed by atoms with E-state index in [9.17, 15) is 5.21 Å². The van der Waals surface area contributed by atoms with E-state index >= 15 is 0 Å². The number of hydrogen-bond acceptors (Lipinski definition) is 6. The Morgan fingerprint density at radius 3 is 2.83 bits per heavy atom. The zero-order valence-electron chi connectivity index (χ0n) is 12.9. The van der Waals surface area contributed by atoms with Gasteiger partial charge in [-0.15, -0.1) is 0 Å². The van der Waals surface area contributed by atoms with Crippen LogP contribution in [0.4, 0.5) is 5.95 Å². The second kappa shape index (κ2) is 5.54. The number of pyridine rings is 1. The standard InChI is InChI=1S/C14H15ClN6O2/c1-7-5-21(22)10(8(2)11(7)23-3)6-20-13-9(4-17-20)12(15)18-14(16)19-13/h4-5H,6H2,1-3H3,(H2,16,18,19). The topological polar surface area (TPSA) is 106 Å². The highest BCUT2D eigenvalue weighted by Crippen LogP contribution is 2.25. The Kier molecular flexibility index (Phi) is 3.69. The number of nitrogen functional groups attached to an aromatic ring is 1. The lowest BCUT2D eigenvalue weighted by molar-refractivity contribution is -0.615. The number of anilines is 1. The third-order valence-electron chi connectivity index (χ3n) is 3.68. The van der Waals surface area contributed by atoms with Gasteiger partial charge in [0.05, 0.1) is 29.8 Å². The highest BCUT2D eigenvalue weighted by Gasteiger charge is 2.20. The van der Waals surface area contributed by atoms with Crippen molar-refractivity contribution in [1.82, 2.24) is 19.7 Å². The van der Waals surface area contributed by atoms with Crippen LogP contribution < -0.4 is 15.2 Å². The van der Waals surface area contributed by atoms with Crippen LogP contribution in [0.15, 0.2) is 12.4 Å². The van der Waals surface area contributed by atoms with Crippen molar-refractivity contribution in [2.24, 2.45) is 0 Å². The molecule has 0 aliphatic carbocycles. The largest absolute Gasteiger partial charge is 0.618 e. The molecule has 2 N–H and O–H groups in total. The minimum atomic E-state index is 0.0532. The van der Waals surface area contributed by atoms with Gasteiger partial charge in [-0.2, -0.15) is 14.8 Å². The average Bonchev–Trinajstić information content (AvgIpc) is 2.87. The molecule has 0 aliphatic heterocycles. The molecule has 0 unspecified atom stereocenters. The molecule has 3 aromatic heterocycles. The van der Waals surface area contributed by atoms with Crippen LogP contribution in [-0.4, -0.2) is 26.9 Å². The third kappa shape index (κ3) is 2.50. The molecular weight excluding hydrogens is 320 g/mol. The SMILES string of the molecule is COc1c(C)c[n+]([O-])c(Cn2ncc3c(Cl)nc(N)nc32)c1C. The monoisotopic (exact) mass is 334 g/mol. The molecule has 3 aromatic rings. The van der Waals surface area contributed by atoms with Crippen molar-refractivity contribution in [3.8, 4) is 5.75 Å². The van der Waals surface area contributed by atoms with Gasteiger partial charge in [-0.3, -0.25) is 0 Å². The van der Waals surface area contributed by atoms with E-state index in [4.69, 9.17) is 22.1 Å². The summed E-state index contributed by atoms with van der Waals surface area (Å²) in [4.78, 5) is 8.04. The van der Waals surface area contributed by atoms with Crippen LogP contribution in [0, 0.1) is 19.1 Å². The lowest BCUT2D eigenvalue weighted by Crippen LogP contribution is -2.35. The maximum atomic E-state index is 12.3. The van der Waals surface area contributed by atoms with Gasteiger partial charge in [0, 0.05) is 0 Å². The van der Waals surface area contributed by atoms with Crippen LogP contribution in [0.25, 0.3) is 11.0 Å². The minimum absolute atomic E-state index is 0.0532. The first-order valence-corrected chi connectivity index (χ1v) is 7.21. The Balaban J connectivity index is 2.13. The van der Waals surface area contributed by atoms with Crippen molar-refractivity contribution in [3.05, 3.63) is 39.6 Å². The molecule has 0 spiro atoms. The highest BCUT2D eigenvalue weighted by molar-refractivity contribution is 6.34. The summed E-state index contributed by atoms with van der Waals surface area (Å²) in [5.74, 6) is 0.730. The Morgan fingerprint density at radius 1 is 1.39 bits per heavy atom. The van der Waals surface area contributed by atoms with Crippen molar-refractivity contribution in [1.29, 1.82) is 0 Å². The molecule has 0 fully saturated rings. The molecule has 0 saturated heterocycles. The number of aryl methyl sites for hydroxylation is 1. The fourth-order valence-corrected chi connectivity index (χ4v) is 2.82. The van der Waals surface area contributed by atoms with Gasteiger partial charge >= 0.3 is 0 Å². The second-order valence-corrected chi connectivity index (χ2v) is 5.51. The molecule has 23 heavy (non-hydrogen) atoms. The fraction of sp³-hybridized carbons (Fsp3) is 0.286. The molecule has 3 rings (SSSR count). The summed E-state index contributed by atoms with van der Waals surface area (Å²) < 4.78 is 7.74. The summed E-state index contributed by atoms with van der Waals surface area (Å²) in [6.45, 7) is 3.86. The van der Waals surface area contributed by atoms with Gasteiger partial charge in [0.2, 0.25) is 11.6 Å². The predicted molar refractivity (Wildman–Crippen MR) is 85.3 cm³/mol. The van der Waals surface area contributed by atoms with Gasteiger partial charge in [0.25, 0.3) is 0 Å². The van der Waals surface area contributed by atoms with Gasteiger partial charge in [-0.05, 0) is 13.8 Å². The van der Waals surface area contributed by atoms with Crippen LogP contribution in [0.3, 0.4) is 0 Å². The van der Waals surface area contributed by atoms with Crippen molar-refractivity contribution in [3.63, 3.8) is 0 Å². The second-order valence-electron chi connectivity index (χ2n) is 5.15. The quantitative estimate of drug-likeness (QED) is 0.440. The number of aromatic nitrogens is 5. The smallest absolute Gasteiger partial charge is 0.223 e. The molecule has 3 heterocycles. The number of ether oxygens (including phenoxy) is 1. The van der Waals surface area contributed by atoms with Crippen LogP contribution >= 0.6 is 11.6 Å². The maximum Gasteiger partial charge on any atom is 0.223 e. The third-order valence-corrected chi connectivity index (χ3v) is 3.97. The van der Waals surface area contributed by atoms with E-state index in [0.29, 0.717) is 22.5 Å². The Labute approximate surface area is 137 Å². The van der Waals surface area contributed by atoms with E-state index in [1.54, 1.807) is 18.0 Å². The number of fused-ring (bicyclic) bond motifs is 1. The zero-order valence-corrected chi connectivity index (χ0v) is 13.6. The number of hydrogen-bond donors (Lipinski definition) is 1. The van der Waals surface area contributed by atoms with E-state index < -0.39 is 0 Å². The first kappa shape index (κ1) is 15.3. The van der Waals surface area contributed by atoms with E-state index in [1.807, 2.05) is 13.8 Å². The van der Waals surface area contributed by atoms with Gasteiger partial charge in [-0.1, -0.05) is 11.6 Å². The van der Waals surface area contributed by atoms with E-state index in [0.717, 1.165) is 15.9 Å². The molecule has 120 valence electrons. The summed E-state index contributed by atoms with van der Waals surface area (Å²) in [6.07, 6.45) is 3.02. The fourth-order valence-electron chi connectivity index (χ4n) is 2.60. The van der Waals surface area contributed by atoms with E-state index in [-0.39, 0.29) is 17.6 Å². The lowest BCUT2D eigenvalue weighted by Gasteiger charge is -2.13. The number of methoxy groups -OCH3 is 1. The average molecular weight is 335 g/mol. The molecule has 9 heteroatoms. The van der Waals surface area contributed by atoms with Crippen molar-refractivity contribution < 1.29 is 9.47 Å². The van der Waals surface area contributed by atoms with Gasteiger partial charge in [0.15, 0.2) is 11.8 Å². The lowest BCUT2D eigenvalue weighted by atomic mass is 10.1. The number of nitrogens with two attached hydrogens (primary N) is 1. The Morgan fingerprint density at radius 2 is 2.13 bits per heavy atom. The minimum Gasteiger partial charge on any atom is -0.618 e. The Bertz CT molecular complexity index is 908. The molecule has 0 aromatic carbocycles. The normalized spacial score (nSPS) is 11.1. The number of nitrogens with zero attached hydrogens (tertiary/aromatic N) is 5. The van der Waals surface area contributed by atoms with Crippen molar-refractivity contribution in [2.45, 2.75) is 20.4 Å². The highest BCUT2D eigenvalue weighted by atomic mass is 35.5. The number of rotatable bonds is 3. The van der Waals surface area contributed by atoms with Gasteiger partial charge in [0.1, 0.15) is 17.4 Å². The molecule has 8 nitrogen and oxygen atoms in total. The zero-order chi connectivity index (χ0) is 16.7. The molecular formula is C14H15ClN6O2. The van der Waals surface area contributed by atoms with Gasteiger partial charge in [-0.25, -0.2) is 9.67 Å². The van der Waals surface area contributed by atoms with E-state index in [1.165, 1.54) is 6.20 Å². The summed E-state index contributed by atoms with van der Waals surface area (Å²) in [7, 11) is 1.57. The summed E-state index contributed by atoms with van der Waals surface area (Å²) in [5.41, 5.74) is 8.13. The van der Waals surface area contributed by atoms with Crippen molar-refractivity contribution in [2.75, 3.05) is 12.8 Å². The van der Waals surface area contributed by atoms with Crippen LogP contribution in [0.5, 0.6) is 5.75 Å². The molecule has 0 amide bonds. The molecule has 0 atom stereocenters. The molecule has 0 radical (unpaired) electrons.